The minimum absolute atomic E-state index is 0.0260. The third-order valence-corrected chi connectivity index (χ3v) is 4.68. The molecule has 1 aliphatic rings. The van der Waals surface area contributed by atoms with E-state index >= 15 is 0 Å². The van der Waals surface area contributed by atoms with Crippen molar-refractivity contribution in [2.45, 2.75) is 19.3 Å². The molecule has 1 aliphatic heterocycles. The van der Waals surface area contributed by atoms with E-state index in [1.807, 2.05) is 17.0 Å². The number of anilines is 2. The lowest BCUT2D eigenvalue weighted by molar-refractivity contribution is 0.0724. The number of nitrogens with zero attached hydrogens (tertiary/aromatic N) is 2. The first-order chi connectivity index (χ1) is 11.1. The zero-order valence-electron chi connectivity index (χ0n) is 12.6. The van der Waals surface area contributed by atoms with Gasteiger partial charge in [0.15, 0.2) is 0 Å². The Morgan fingerprint density at radius 3 is 2.70 bits per heavy atom. The van der Waals surface area contributed by atoms with Gasteiger partial charge >= 0.3 is 0 Å². The molecule has 3 rings (SSSR count). The molecular weight excluding hydrogens is 333 g/mol. The van der Waals surface area contributed by atoms with Gasteiger partial charge in [-0.25, -0.2) is 0 Å². The summed E-state index contributed by atoms with van der Waals surface area (Å²) in [6.07, 6.45) is 6.58. The molecule has 0 atom stereocenters. The number of amides is 1. The minimum atomic E-state index is 0.0260. The van der Waals surface area contributed by atoms with Crippen LogP contribution >= 0.6 is 23.2 Å². The van der Waals surface area contributed by atoms with E-state index in [-0.39, 0.29) is 5.91 Å². The zero-order chi connectivity index (χ0) is 16.2. The van der Waals surface area contributed by atoms with Crippen LogP contribution < -0.4 is 5.32 Å². The molecular formula is C17H17Cl2N3O. The number of piperidine rings is 1. The fourth-order valence-corrected chi connectivity index (χ4v) is 3.01. The highest BCUT2D eigenvalue weighted by molar-refractivity contribution is 6.43. The van der Waals surface area contributed by atoms with Crippen LogP contribution in [0.1, 0.15) is 29.6 Å². The quantitative estimate of drug-likeness (QED) is 0.868. The van der Waals surface area contributed by atoms with Gasteiger partial charge in [-0.15, -0.1) is 0 Å². The van der Waals surface area contributed by atoms with E-state index in [1.54, 1.807) is 24.5 Å². The van der Waals surface area contributed by atoms with E-state index in [0.29, 0.717) is 27.0 Å². The smallest absolute Gasteiger partial charge is 0.255 e. The topological polar surface area (TPSA) is 45.2 Å². The molecule has 1 N–H and O–H groups in total. The van der Waals surface area contributed by atoms with Crippen molar-refractivity contribution >= 4 is 40.5 Å². The SMILES string of the molecule is O=C(c1cncc(Nc2cccc(Cl)c2Cl)c1)N1CCCCC1. The summed E-state index contributed by atoms with van der Waals surface area (Å²) in [5.74, 6) is 0.0260. The van der Waals surface area contributed by atoms with Gasteiger partial charge in [0.25, 0.3) is 5.91 Å². The van der Waals surface area contributed by atoms with Crippen molar-refractivity contribution in [1.82, 2.24) is 9.88 Å². The molecule has 0 unspecified atom stereocenters. The highest BCUT2D eigenvalue weighted by atomic mass is 35.5. The lowest BCUT2D eigenvalue weighted by atomic mass is 10.1. The van der Waals surface area contributed by atoms with Crippen LogP contribution in [0.2, 0.25) is 10.0 Å². The average molecular weight is 350 g/mol. The van der Waals surface area contributed by atoms with E-state index in [4.69, 9.17) is 23.2 Å². The Kier molecular flexibility index (Phi) is 5.03. The van der Waals surface area contributed by atoms with Gasteiger partial charge in [0.05, 0.1) is 33.2 Å². The van der Waals surface area contributed by atoms with Crippen LogP contribution in [0, 0.1) is 0 Å². The number of nitrogens with one attached hydrogen (secondary N) is 1. The number of rotatable bonds is 3. The van der Waals surface area contributed by atoms with E-state index < -0.39 is 0 Å². The Labute approximate surface area is 145 Å². The van der Waals surface area contributed by atoms with E-state index in [0.717, 1.165) is 25.9 Å². The van der Waals surface area contributed by atoms with Gasteiger partial charge in [0, 0.05) is 19.3 Å². The van der Waals surface area contributed by atoms with E-state index in [2.05, 4.69) is 10.3 Å². The summed E-state index contributed by atoms with van der Waals surface area (Å²) >= 11 is 12.2. The zero-order valence-corrected chi connectivity index (χ0v) is 14.1. The van der Waals surface area contributed by atoms with Gasteiger partial charge in [-0.3, -0.25) is 9.78 Å². The summed E-state index contributed by atoms with van der Waals surface area (Å²) in [6, 6.07) is 7.16. The standard InChI is InChI=1S/C17H17Cl2N3O/c18-14-5-4-6-15(16(14)19)21-13-9-12(10-20-11-13)17(23)22-7-2-1-3-8-22/h4-6,9-11,21H,1-3,7-8H2. The fourth-order valence-electron chi connectivity index (χ4n) is 2.66. The van der Waals surface area contributed by atoms with Gasteiger partial charge in [0.2, 0.25) is 0 Å². The monoisotopic (exact) mass is 349 g/mol. The number of halogens is 2. The molecule has 0 aliphatic carbocycles. The number of benzene rings is 1. The first kappa shape index (κ1) is 16.1. The van der Waals surface area contributed by atoms with Crippen molar-refractivity contribution in [3.05, 3.63) is 52.3 Å². The highest BCUT2D eigenvalue weighted by Gasteiger charge is 2.18. The summed E-state index contributed by atoms with van der Waals surface area (Å²) in [5, 5.41) is 4.08. The molecule has 2 heterocycles. The molecule has 1 amide bonds. The summed E-state index contributed by atoms with van der Waals surface area (Å²) in [4.78, 5) is 18.6. The average Bonchev–Trinajstić information content (AvgIpc) is 2.59. The fraction of sp³-hybridized carbons (Fsp3) is 0.294. The Hall–Kier alpha value is -1.78. The minimum Gasteiger partial charge on any atom is -0.353 e. The maximum absolute atomic E-state index is 12.5. The van der Waals surface area contributed by atoms with Crippen molar-refractivity contribution in [3.8, 4) is 0 Å². The van der Waals surface area contributed by atoms with Crippen LogP contribution in [0.5, 0.6) is 0 Å². The number of aromatic nitrogens is 1. The van der Waals surface area contributed by atoms with Crippen molar-refractivity contribution in [1.29, 1.82) is 0 Å². The summed E-state index contributed by atoms with van der Waals surface area (Å²) < 4.78 is 0. The van der Waals surface area contributed by atoms with E-state index in [9.17, 15) is 4.79 Å². The second kappa shape index (κ2) is 7.20. The number of pyridine rings is 1. The molecule has 1 fully saturated rings. The third kappa shape index (κ3) is 3.77. The third-order valence-electron chi connectivity index (χ3n) is 3.86. The van der Waals surface area contributed by atoms with Gasteiger partial charge in [0.1, 0.15) is 0 Å². The largest absolute Gasteiger partial charge is 0.353 e. The molecule has 120 valence electrons. The number of carbonyl (C=O) groups excluding carboxylic acids is 1. The molecule has 4 nitrogen and oxygen atoms in total. The Bertz CT molecular complexity index is 715. The van der Waals surface area contributed by atoms with Gasteiger partial charge in [-0.1, -0.05) is 29.3 Å². The van der Waals surface area contributed by atoms with Crippen LogP contribution in [-0.4, -0.2) is 28.9 Å². The molecule has 0 radical (unpaired) electrons. The van der Waals surface area contributed by atoms with E-state index in [1.165, 1.54) is 6.42 Å². The normalized spacial score (nSPS) is 14.6. The maximum atomic E-state index is 12.5. The number of hydrogen-bond donors (Lipinski definition) is 1. The Morgan fingerprint density at radius 2 is 1.91 bits per heavy atom. The van der Waals surface area contributed by atoms with Crippen LogP contribution in [0.4, 0.5) is 11.4 Å². The summed E-state index contributed by atoms with van der Waals surface area (Å²) in [6.45, 7) is 1.63. The molecule has 23 heavy (non-hydrogen) atoms. The highest BCUT2D eigenvalue weighted by Crippen LogP contribution is 2.31. The second-order valence-electron chi connectivity index (χ2n) is 5.54. The summed E-state index contributed by atoms with van der Waals surface area (Å²) in [7, 11) is 0. The molecule has 1 saturated heterocycles. The Balaban J connectivity index is 1.79. The van der Waals surface area contributed by atoms with Crippen LogP contribution in [0.25, 0.3) is 0 Å². The first-order valence-corrected chi connectivity index (χ1v) is 8.36. The van der Waals surface area contributed by atoms with Crippen molar-refractivity contribution in [3.63, 3.8) is 0 Å². The lowest BCUT2D eigenvalue weighted by Gasteiger charge is -2.26. The maximum Gasteiger partial charge on any atom is 0.255 e. The first-order valence-electron chi connectivity index (χ1n) is 7.60. The number of likely N-dealkylation sites (tertiary alicyclic amines) is 1. The van der Waals surface area contributed by atoms with Gasteiger partial charge < -0.3 is 10.2 Å². The van der Waals surface area contributed by atoms with Crippen LogP contribution in [0.15, 0.2) is 36.7 Å². The molecule has 6 heteroatoms. The van der Waals surface area contributed by atoms with Crippen molar-refractivity contribution in [2.24, 2.45) is 0 Å². The lowest BCUT2D eigenvalue weighted by Crippen LogP contribution is -2.35. The van der Waals surface area contributed by atoms with Gasteiger partial charge in [-0.05, 0) is 37.5 Å². The molecule has 0 saturated carbocycles. The number of hydrogen-bond acceptors (Lipinski definition) is 3. The van der Waals surface area contributed by atoms with Crippen molar-refractivity contribution < 1.29 is 4.79 Å². The molecule has 1 aromatic carbocycles. The molecule has 0 bridgehead atoms. The van der Waals surface area contributed by atoms with Crippen LogP contribution in [-0.2, 0) is 0 Å². The molecule has 1 aromatic heterocycles. The van der Waals surface area contributed by atoms with Gasteiger partial charge in [-0.2, -0.15) is 0 Å². The number of carbonyl (C=O) groups is 1. The molecule has 2 aromatic rings. The van der Waals surface area contributed by atoms with Crippen LogP contribution in [0.3, 0.4) is 0 Å². The predicted octanol–water partition coefficient (Wildman–Crippen LogP) is 4.76. The second-order valence-corrected chi connectivity index (χ2v) is 6.33. The Morgan fingerprint density at radius 1 is 1.13 bits per heavy atom. The molecule has 0 spiro atoms. The van der Waals surface area contributed by atoms with Crippen molar-refractivity contribution in [2.75, 3.05) is 18.4 Å². The summed E-state index contributed by atoms with van der Waals surface area (Å²) in [5.41, 5.74) is 1.97. The predicted molar refractivity (Wildman–Crippen MR) is 93.7 cm³/mol.